The maximum atomic E-state index is 9.27. The van der Waals surface area contributed by atoms with E-state index in [-0.39, 0.29) is 12.1 Å². The molecule has 0 aromatic carbocycles. The summed E-state index contributed by atoms with van der Waals surface area (Å²) in [5.41, 5.74) is -0.550. The Bertz CT molecular complexity index is 407. The molecule has 0 aliphatic carbocycles. The third-order valence-electron chi connectivity index (χ3n) is 2.58. The van der Waals surface area contributed by atoms with Crippen LogP contribution in [0.2, 0.25) is 5.02 Å². The Morgan fingerprint density at radius 1 is 1.59 bits per heavy atom. The predicted octanol–water partition coefficient (Wildman–Crippen LogP) is 2.77. The molecule has 0 saturated carbocycles. The number of hydrogen-bond acceptors (Lipinski definition) is 3. The van der Waals surface area contributed by atoms with Crippen molar-refractivity contribution < 1.29 is 0 Å². The molecule has 1 heterocycles. The highest BCUT2D eigenvalue weighted by molar-refractivity contribution is 6.30. The predicted molar refractivity (Wildman–Crippen MR) is 68.9 cm³/mol. The standard InChI is InChI=1S/C12H19ClN4/c1-9(2)16-12(4,8-14)5-10(3)17-7-11(13)6-15-17/h6-7,9-10,16H,5H2,1-4H3. The largest absolute Gasteiger partial charge is 0.297 e. The van der Waals surface area contributed by atoms with Crippen LogP contribution in [0.1, 0.15) is 40.2 Å². The van der Waals surface area contributed by atoms with Crippen molar-refractivity contribution in [3.8, 4) is 6.07 Å². The summed E-state index contributed by atoms with van der Waals surface area (Å²) < 4.78 is 1.79. The average Bonchev–Trinajstić information content (AvgIpc) is 2.63. The van der Waals surface area contributed by atoms with Crippen LogP contribution in [0.5, 0.6) is 0 Å². The fraction of sp³-hybridized carbons (Fsp3) is 0.667. The number of rotatable bonds is 5. The highest BCUT2D eigenvalue weighted by atomic mass is 35.5. The number of nitriles is 1. The van der Waals surface area contributed by atoms with E-state index < -0.39 is 5.54 Å². The number of halogens is 1. The molecule has 4 nitrogen and oxygen atoms in total. The Balaban J connectivity index is 2.72. The fourth-order valence-electron chi connectivity index (χ4n) is 2.01. The Hall–Kier alpha value is -1.05. The summed E-state index contributed by atoms with van der Waals surface area (Å²) in [6.07, 6.45) is 4.07. The van der Waals surface area contributed by atoms with Crippen LogP contribution in [-0.4, -0.2) is 21.4 Å². The zero-order valence-corrected chi connectivity index (χ0v) is 11.5. The summed E-state index contributed by atoms with van der Waals surface area (Å²) in [7, 11) is 0. The van der Waals surface area contributed by atoms with E-state index in [4.69, 9.17) is 11.6 Å². The lowest BCUT2D eigenvalue weighted by atomic mass is 9.94. The second kappa shape index (κ2) is 5.52. The van der Waals surface area contributed by atoms with Crippen molar-refractivity contribution in [2.24, 2.45) is 0 Å². The zero-order chi connectivity index (χ0) is 13.1. The lowest BCUT2D eigenvalue weighted by Gasteiger charge is -2.28. The maximum Gasteiger partial charge on any atom is 0.106 e. The lowest BCUT2D eigenvalue weighted by Crippen LogP contribution is -2.46. The molecule has 0 aliphatic heterocycles. The molecule has 1 N–H and O–H groups in total. The molecule has 1 aromatic heterocycles. The third kappa shape index (κ3) is 4.03. The van der Waals surface area contributed by atoms with Gasteiger partial charge < -0.3 is 0 Å². The van der Waals surface area contributed by atoms with Gasteiger partial charge in [0.25, 0.3) is 0 Å². The van der Waals surface area contributed by atoms with Gasteiger partial charge >= 0.3 is 0 Å². The topological polar surface area (TPSA) is 53.6 Å². The van der Waals surface area contributed by atoms with Crippen molar-refractivity contribution in [2.75, 3.05) is 0 Å². The van der Waals surface area contributed by atoms with Gasteiger partial charge in [0.2, 0.25) is 0 Å². The van der Waals surface area contributed by atoms with Gasteiger partial charge in [-0.25, -0.2) is 0 Å². The van der Waals surface area contributed by atoms with E-state index in [0.29, 0.717) is 11.4 Å². The first kappa shape index (κ1) is 14.0. The molecule has 17 heavy (non-hydrogen) atoms. The molecule has 0 bridgehead atoms. The van der Waals surface area contributed by atoms with Crippen molar-refractivity contribution >= 4 is 11.6 Å². The minimum absolute atomic E-state index is 0.124. The summed E-state index contributed by atoms with van der Waals surface area (Å²) in [5, 5.41) is 17.3. The van der Waals surface area contributed by atoms with Crippen molar-refractivity contribution in [1.82, 2.24) is 15.1 Å². The lowest BCUT2D eigenvalue weighted by molar-refractivity contribution is 0.315. The van der Waals surface area contributed by atoms with Gasteiger partial charge in [0.1, 0.15) is 5.54 Å². The van der Waals surface area contributed by atoms with Crippen LogP contribution in [0.3, 0.4) is 0 Å². The van der Waals surface area contributed by atoms with Crippen molar-refractivity contribution in [1.29, 1.82) is 5.26 Å². The van der Waals surface area contributed by atoms with Gasteiger partial charge in [-0.05, 0) is 27.7 Å². The SMILES string of the molecule is CC(C)NC(C)(C#N)CC(C)n1cc(Cl)cn1. The Morgan fingerprint density at radius 3 is 2.65 bits per heavy atom. The van der Waals surface area contributed by atoms with Gasteiger partial charge in [0.15, 0.2) is 0 Å². The van der Waals surface area contributed by atoms with Gasteiger partial charge in [0.05, 0.1) is 23.3 Å². The molecule has 1 rings (SSSR count). The first-order chi connectivity index (χ1) is 7.86. The molecule has 0 spiro atoms. The minimum atomic E-state index is -0.550. The molecule has 5 heteroatoms. The van der Waals surface area contributed by atoms with E-state index in [1.54, 1.807) is 17.1 Å². The smallest absolute Gasteiger partial charge is 0.106 e. The molecule has 1 aromatic rings. The fourth-order valence-corrected chi connectivity index (χ4v) is 2.16. The first-order valence-electron chi connectivity index (χ1n) is 5.75. The van der Waals surface area contributed by atoms with E-state index in [1.165, 1.54) is 0 Å². The summed E-state index contributed by atoms with van der Waals surface area (Å²) in [5.74, 6) is 0. The molecule has 0 aliphatic rings. The highest BCUT2D eigenvalue weighted by Crippen LogP contribution is 2.21. The van der Waals surface area contributed by atoms with E-state index in [0.717, 1.165) is 0 Å². The minimum Gasteiger partial charge on any atom is -0.297 e. The van der Waals surface area contributed by atoms with E-state index >= 15 is 0 Å². The van der Waals surface area contributed by atoms with Gasteiger partial charge in [0, 0.05) is 18.7 Å². The van der Waals surface area contributed by atoms with Crippen LogP contribution >= 0.6 is 11.6 Å². The normalized spacial score (nSPS) is 16.5. The first-order valence-corrected chi connectivity index (χ1v) is 6.13. The second-order valence-corrected chi connectivity index (χ2v) is 5.37. The van der Waals surface area contributed by atoms with Gasteiger partial charge in [-0.15, -0.1) is 0 Å². The van der Waals surface area contributed by atoms with Gasteiger partial charge in [-0.1, -0.05) is 11.6 Å². The zero-order valence-electron chi connectivity index (χ0n) is 10.7. The van der Waals surface area contributed by atoms with E-state index in [9.17, 15) is 5.26 Å². The van der Waals surface area contributed by atoms with E-state index in [2.05, 4.69) is 16.5 Å². The molecule has 0 amide bonds. The van der Waals surface area contributed by atoms with Crippen molar-refractivity contribution in [3.05, 3.63) is 17.4 Å². The second-order valence-electron chi connectivity index (χ2n) is 4.93. The summed E-state index contributed by atoms with van der Waals surface area (Å²) in [4.78, 5) is 0. The third-order valence-corrected chi connectivity index (χ3v) is 2.77. The van der Waals surface area contributed by atoms with Crippen LogP contribution in [0.4, 0.5) is 0 Å². The van der Waals surface area contributed by atoms with Gasteiger partial charge in [-0.2, -0.15) is 10.4 Å². The summed E-state index contributed by atoms with van der Waals surface area (Å²) in [6.45, 7) is 8.01. The van der Waals surface area contributed by atoms with Crippen LogP contribution < -0.4 is 5.32 Å². The quantitative estimate of drug-likeness (QED) is 0.879. The van der Waals surface area contributed by atoms with Gasteiger partial charge in [-0.3, -0.25) is 10.00 Å². The van der Waals surface area contributed by atoms with E-state index in [1.807, 2.05) is 27.7 Å². The van der Waals surface area contributed by atoms with Crippen LogP contribution in [0.15, 0.2) is 12.4 Å². The molecule has 94 valence electrons. The number of hydrogen-bond donors (Lipinski definition) is 1. The molecular formula is C12H19ClN4. The average molecular weight is 255 g/mol. The molecule has 0 saturated heterocycles. The van der Waals surface area contributed by atoms with Crippen LogP contribution in [0.25, 0.3) is 0 Å². The molecule has 2 atom stereocenters. The number of aromatic nitrogens is 2. The summed E-state index contributed by atoms with van der Waals surface area (Å²) in [6, 6.07) is 2.73. The Labute approximate surface area is 108 Å². The molecule has 2 unspecified atom stereocenters. The molecule has 0 fully saturated rings. The van der Waals surface area contributed by atoms with Crippen molar-refractivity contribution in [2.45, 2.75) is 51.7 Å². The van der Waals surface area contributed by atoms with Crippen molar-refractivity contribution in [3.63, 3.8) is 0 Å². The Morgan fingerprint density at radius 2 is 2.24 bits per heavy atom. The monoisotopic (exact) mass is 254 g/mol. The van der Waals surface area contributed by atoms with Crippen LogP contribution in [-0.2, 0) is 0 Å². The molecular weight excluding hydrogens is 236 g/mol. The summed E-state index contributed by atoms with van der Waals surface area (Å²) >= 11 is 5.83. The Kier molecular flexibility index (Phi) is 4.55. The maximum absolute atomic E-state index is 9.27. The van der Waals surface area contributed by atoms with Crippen LogP contribution in [0, 0.1) is 11.3 Å². The highest BCUT2D eigenvalue weighted by Gasteiger charge is 2.27. The molecule has 0 radical (unpaired) electrons. The number of nitrogens with zero attached hydrogens (tertiary/aromatic N) is 3. The number of nitrogens with one attached hydrogen (secondary N) is 1.